The predicted molar refractivity (Wildman–Crippen MR) is 82.0 cm³/mol. The largest absolute Gasteiger partial charge is 0.414 e. The molecule has 7 heteroatoms. The molecule has 1 heterocycles. The van der Waals surface area contributed by atoms with E-state index in [9.17, 15) is 9.59 Å². The van der Waals surface area contributed by atoms with Crippen LogP contribution in [0.1, 0.15) is 0 Å². The van der Waals surface area contributed by atoms with Gasteiger partial charge in [0.1, 0.15) is 0 Å². The third-order valence-corrected chi connectivity index (χ3v) is 3.19. The molecule has 0 aliphatic carbocycles. The van der Waals surface area contributed by atoms with E-state index in [1.807, 2.05) is 4.90 Å². The third-order valence-electron chi connectivity index (χ3n) is 3.19. The molecule has 2 amide bonds. The van der Waals surface area contributed by atoms with E-state index in [0.29, 0.717) is 31.2 Å². The Morgan fingerprint density at radius 2 is 1.95 bits per heavy atom. The van der Waals surface area contributed by atoms with Crippen LogP contribution >= 0.6 is 0 Å². The van der Waals surface area contributed by atoms with E-state index in [4.69, 9.17) is 9.47 Å². The number of para-hydroxylation sites is 2. The Bertz CT molecular complexity index is 527. The molecule has 1 aliphatic heterocycles. The minimum atomic E-state index is -0.491. The summed E-state index contributed by atoms with van der Waals surface area (Å²) in [6, 6.07) is 6.87. The topological polar surface area (TPSA) is 71.1 Å². The molecule has 1 aromatic rings. The quantitative estimate of drug-likeness (QED) is 0.899. The summed E-state index contributed by atoms with van der Waals surface area (Å²) in [4.78, 5) is 27.1. The molecule has 0 radical (unpaired) electrons. The van der Waals surface area contributed by atoms with Gasteiger partial charge in [-0.15, -0.1) is 0 Å². The van der Waals surface area contributed by atoms with Gasteiger partial charge in [-0.25, -0.2) is 4.79 Å². The molecule has 0 atom stereocenters. The second kappa shape index (κ2) is 7.77. The lowest BCUT2D eigenvalue weighted by Gasteiger charge is -2.25. The van der Waals surface area contributed by atoms with Crippen molar-refractivity contribution in [2.45, 2.75) is 0 Å². The molecule has 0 unspecified atom stereocenters. The molecule has 120 valence electrons. The summed E-state index contributed by atoms with van der Waals surface area (Å²) in [5, 5.41) is 2.78. The molecule has 0 aromatic heterocycles. The minimum Gasteiger partial charge on any atom is -0.408 e. The van der Waals surface area contributed by atoms with Crippen molar-refractivity contribution in [3.8, 4) is 5.75 Å². The first kappa shape index (κ1) is 16.3. The van der Waals surface area contributed by atoms with Crippen molar-refractivity contribution < 1.29 is 19.1 Å². The van der Waals surface area contributed by atoms with Crippen molar-refractivity contribution in [2.24, 2.45) is 0 Å². The SMILES string of the molecule is CN(C)C(=O)Oc1ccccc1NC(=O)CN1CCOCC1. The van der Waals surface area contributed by atoms with Gasteiger partial charge in [-0.1, -0.05) is 12.1 Å². The van der Waals surface area contributed by atoms with Crippen LogP contribution in [0.15, 0.2) is 24.3 Å². The Balaban J connectivity index is 1.96. The number of amides is 2. The standard InChI is InChI=1S/C15H21N3O4/c1-17(2)15(20)22-13-6-4-3-5-12(13)16-14(19)11-18-7-9-21-10-8-18/h3-6H,7-11H2,1-2H3,(H,16,19). The van der Waals surface area contributed by atoms with Crippen LogP contribution < -0.4 is 10.1 Å². The average Bonchev–Trinajstić information content (AvgIpc) is 2.50. The van der Waals surface area contributed by atoms with Crippen molar-refractivity contribution in [3.63, 3.8) is 0 Å². The van der Waals surface area contributed by atoms with E-state index in [-0.39, 0.29) is 5.91 Å². The minimum absolute atomic E-state index is 0.143. The highest BCUT2D eigenvalue weighted by Crippen LogP contribution is 2.24. The van der Waals surface area contributed by atoms with Crippen LogP contribution in [-0.4, -0.2) is 68.7 Å². The molecule has 22 heavy (non-hydrogen) atoms. The molecule has 1 aliphatic rings. The lowest BCUT2D eigenvalue weighted by molar-refractivity contribution is -0.118. The highest BCUT2D eigenvalue weighted by molar-refractivity contribution is 5.94. The molecule has 0 spiro atoms. The zero-order valence-electron chi connectivity index (χ0n) is 12.9. The fourth-order valence-corrected chi connectivity index (χ4v) is 2.00. The van der Waals surface area contributed by atoms with Crippen LogP contribution in [0.3, 0.4) is 0 Å². The average molecular weight is 307 g/mol. The van der Waals surface area contributed by atoms with Gasteiger partial charge in [0.2, 0.25) is 5.91 Å². The van der Waals surface area contributed by atoms with E-state index in [1.165, 1.54) is 4.90 Å². The maximum absolute atomic E-state index is 12.1. The summed E-state index contributed by atoms with van der Waals surface area (Å²) in [6.45, 7) is 3.06. The molecule has 0 saturated carbocycles. The van der Waals surface area contributed by atoms with Gasteiger partial charge in [-0.2, -0.15) is 0 Å². The summed E-state index contributed by atoms with van der Waals surface area (Å²) in [7, 11) is 3.20. The van der Waals surface area contributed by atoms with Gasteiger partial charge in [0.05, 0.1) is 25.4 Å². The Morgan fingerprint density at radius 1 is 1.27 bits per heavy atom. The monoisotopic (exact) mass is 307 g/mol. The summed E-state index contributed by atoms with van der Waals surface area (Å²) in [6.07, 6.45) is -0.491. The zero-order valence-corrected chi connectivity index (χ0v) is 12.9. The predicted octanol–water partition coefficient (Wildman–Crippen LogP) is 1.02. The van der Waals surface area contributed by atoms with Crippen LogP contribution in [0.2, 0.25) is 0 Å². The van der Waals surface area contributed by atoms with Crippen LogP contribution in [0, 0.1) is 0 Å². The number of benzene rings is 1. The van der Waals surface area contributed by atoms with Gasteiger partial charge in [0.15, 0.2) is 5.75 Å². The number of carbonyl (C=O) groups excluding carboxylic acids is 2. The van der Waals surface area contributed by atoms with Gasteiger partial charge >= 0.3 is 6.09 Å². The first-order valence-corrected chi connectivity index (χ1v) is 7.14. The van der Waals surface area contributed by atoms with Crippen molar-refractivity contribution >= 4 is 17.7 Å². The highest BCUT2D eigenvalue weighted by atomic mass is 16.6. The lowest BCUT2D eigenvalue weighted by atomic mass is 10.3. The van der Waals surface area contributed by atoms with Gasteiger partial charge in [-0.05, 0) is 12.1 Å². The molecule has 1 aromatic carbocycles. The molecule has 0 bridgehead atoms. The van der Waals surface area contributed by atoms with Gasteiger partial charge in [0.25, 0.3) is 0 Å². The number of carbonyl (C=O) groups is 2. The smallest absolute Gasteiger partial charge is 0.408 e. The number of anilines is 1. The van der Waals surface area contributed by atoms with Gasteiger partial charge in [0, 0.05) is 27.2 Å². The van der Waals surface area contributed by atoms with E-state index in [0.717, 1.165) is 13.1 Å². The molecule has 7 nitrogen and oxygen atoms in total. The summed E-state index contributed by atoms with van der Waals surface area (Å²) < 4.78 is 10.5. The van der Waals surface area contributed by atoms with Crippen molar-refractivity contribution in [3.05, 3.63) is 24.3 Å². The summed E-state index contributed by atoms with van der Waals surface area (Å²) in [5.74, 6) is 0.187. The number of hydrogen-bond donors (Lipinski definition) is 1. The molecular weight excluding hydrogens is 286 g/mol. The Morgan fingerprint density at radius 3 is 2.64 bits per heavy atom. The number of ether oxygens (including phenoxy) is 2. The van der Waals surface area contributed by atoms with Gasteiger partial charge < -0.3 is 19.7 Å². The third kappa shape index (κ3) is 4.71. The number of nitrogens with zero attached hydrogens (tertiary/aromatic N) is 2. The highest BCUT2D eigenvalue weighted by Gasteiger charge is 2.16. The number of hydrogen-bond acceptors (Lipinski definition) is 5. The van der Waals surface area contributed by atoms with Crippen LogP contribution in [-0.2, 0) is 9.53 Å². The maximum atomic E-state index is 12.1. The molecule has 1 fully saturated rings. The summed E-state index contributed by atoms with van der Waals surface area (Å²) >= 11 is 0. The Kier molecular flexibility index (Phi) is 5.74. The van der Waals surface area contributed by atoms with E-state index >= 15 is 0 Å². The molecule has 1 saturated heterocycles. The fraction of sp³-hybridized carbons (Fsp3) is 0.467. The normalized spacial score (nSPS) is 15.2. The van der Waals surface area contributed by atoms with E-state index < -0.39 is 6.09 Å². The molecule has 1 N–H and O–H groups in total. The van der Waals surface area contributed by atoms with Crippen LogP contribution in [0.5, 0.6) is 5.75 Å². The first-order chi connectivity index (χ1) is 10.6. The Labute approximate surface area is 129 Å². The van der Waals surface area contributed by atoms with Crippen molar-refractivity contribution in [1.82, 2.24) is 9.80 Å². The number of morpholine rings is 1. The summed E-state index contributed by atoms with van der Waals surface area (Å²) in [5.41, 5.74) is 0.482. The van der Waals surface area contributed by atoms with Gasteiger partial charge in [-0.3, -0.25) is 9.69 Å². The second-order valence-electron chi connectivity index (χ2n) is 5.20. The van der Waals surface area contributed by atoms with E-state index in [1.54, 1.807) is 38.4 Å². The molecule has 2 rings (SSSR count). The van der Waals surface area contributed by atoms with Crippen LogP contribution in [0.25, 0.3) is 0 Å². The number of rotatable bonds is 4. The first-order valence-electron chi connectivity index (χ1n) is 7.14. The van der Waals surface area contributed by atoms with E-state index in [2.05, 4.69) is 5.32 Å². The number of nitrogens with one attached hydrogen (secondary N) is 1. The zero-order chi connectivity index (χ0) is 15.9. The van der Waals surface area contributed by atoms with Crippen molar-refractivity contribution in [2.75, 3.05) is 52.3 Å². The van der Waals surface area contributed by atoms with Crippen LogP contribution in [0.4, 0.5) is 10.5 Å². The molecular formula is C15H21N3O4. The second-order valence-corrected chi connectivity index (χ2v) is 5.20. The Hall–Kier alpha value is -2.12. The lowest BCUT2D eigenvalue weighted by Crippen LogP contribution is -2.41. The maximum Gasteiger partial charge on any atom is 0.414 e. The fourth-order valence-electron chi connectivity index (χ4n) is 2.00. The van der Waals surface area contributed by atoms with Crippen molar-refractivity contribution in [1.29, 1.82) is 0 Å².